The highest BCUT2D eigenvalue weighted by atomic mass is 16.4. The summed E-state index contributed by atoms with van der Waals surface area (Å²) in [6.07, 6.45) is 0. The topological polar surface area (TPSA) is 49.3 Å². The van der Waals surface area contributed by atoms with Gasteiger partial charge in [-0.1, -0.05) is 30.3 Å². The van der Waals surface area contributed by atoms with Gasteiger partial charge in [-0.2, -0.15) is 0 Å². The fourth-order valence-electron chi connectivity index (χ4n) is 1.84. The maximum Gasteiger partial charge on any atom is 0.338 e. The van der Waals surface area contributed by atoms with Crippen LogP contribution in [0.2, 0.25) is 0 Å². The Morgan fingerprint density at radius 3 is 2.69 bits per heavy atom. The zero-order valence-electron chi connectivity index (χ0n) is 9.03. The molecule has 0 spiro atoms. The van der Waals surface area contributed by atoms with Crippen molar-refractivity contribution in [3.63, 3.8) is 0 Å². The molecule has 0 aliphatic carbocycles. The Balaban J connectivity index is 2.73. The first-order valence-corrected chi connectivity index (χ1v) is 5.23. The number of hydrogen-bond donors (Lipinski definition) is 2. The molecule has 16 heavy (non-hydrogen) atoms. The van der Waals surface area contributed by atoms with E-state index >= 15 is 0 Å². The molecule has 0 fully saturated rings. The van der Waals surface area contributed by atoms with E-state index in [1.807, 2.05) is 43.3 Å². The van der Waals surface area contributed by atoms with Crippen molar-refractivity contribution in [1.82, 2.24) is 0 Å². The van der Waals surface area contributed by atoms with Crippen LogP contribution in [0.1, 0.15) is 17.3 Å². The van der Waals surface area contributed by atoms with Gasteiger partial charge in [-0.15, -0.1) is 0 Å². The zero-order chi connectivity index (χ0) is 11.5. The molecule has 3 heteroatoms. The lowest BCUT2D eigenvalue weighted by Crippen LogP contribution is -2.06. The molecular formula is C13H13NO2. The third kappa shape index (κ3) is 1.72. The molecule has 3 nitrogen and oxygen atoms in total. The summed E-state index contributed by atoms with van der Waals surface area (Å²) < 4.78 is 0. The predicted molar refractivity (Wildman–Crippen MR) is 65.1 cm³/mol. The molecule has 0 saturated carbocycles. The number of benzene rings is 2. The minimum Gasteiger partial charge on any atom is -0.478 e. The molecule has 2 aromatic rings. The molecule has 0 heterocycles. The van der Waals surface area contributed by atoms with Gasteiger partial charge in [0.1, 0.15) is 0 Å². The maximum absolute atomic E-state index is 11.3. The van der Waals surface area contributed by atoms with Gasteiger partial charge in [-0.25, -0.2) is 4.79 Å². The van der Waals surface area contributed by atoms with Crippen molar-refractivity contribution in [2.24, 2.45) is 0 Å². The summed E-state index contributed by atoms with van der Waals surface area (Å²) in [6, 6.07) is 11.2. The SMILES string of the molecule is CCNc1ccc2ccccc2c1C(=O)O. The zero-order valence-corrected chi connectivity index (χ0v) is 9.03. The molecule has 0 amide bonds. The van der Waals surface area contributed by atoms with E-state index in [-0.39, 0.29) is 0 Å². The lowest BCUT2D eigenvalue weighted by atomic mass is 10.0. The van der Waals surface area contributed by atoms with E-state index in [4.69, 9.17) is 0 Å². The van der Waals surface area contributed by atoms with E-state index in [9.17, 15) is 9.90 Å². The number of carboxylic acids is 1. The molecule has 2 aromatic carbocycles. The Kier molecular flexibility index (Phi) is 2.77. The van der Waals surface area contributed by atoms with Gasteiger partial charge < -0.3 is 10.4 Å². The van der Waals surface area contributed by atoms with Crippen molar-refractivity contribution in [1.29, 1.82) is 0 Å². The number of anilines is 1. The highest BCUT2D eigenvalue weighted by Gasteiger charge is 2.13. The number of fused-ring (bicyclic) bond motifs is 1. The Bertz CT molecular complexity index is 534. The molecule has 0 aromatic heterocycles. The molecule has 0 unspecified atom stereocenters. The van der Waals surface area contributed by atoms with Gasteiger partial charge in [0, 0.05) is 12.2 Å². The van der Waals surface area contributed by atoms with Crippen LogP contribution in [0.3, 0.4) is 0 Å². The summed E-state index contributed by atoms with van der Waals surface area (Å²) in [6.45, 7) is 2.65. The minimum absolute atomic E-state index is 0.347. The molecule has 2 rings (SSSR count). The normalized spacial score (nSPS) is 10.3. The molecule has 0 atom stereocenters. The standard InChI is InChI=1S/C13H13NO2/c1-2-14-11-8-7-9-5-3-4-6-10(9)12(11)13(15)16/h3-8,14H,2H2,1H3,(H,15,16). The number of nitrogens with one attached hydrogen (secondary N) is 1. The molecular weight excluding hydrogens is 202 g/mol. The largest absolute Gasteiger partial charge is 0.478 e. The second kappa shape index (κ2) is 4.23. The average molecular weight is 215 g/mol. The van der Waals surface area contributed by atoms with Gasteiger partial charge in [0.2, 0.25) is 0 Å². The van der Waals surface area contributed by atoms with Gasteiger partial charge in [-0.3, -0.25) is 0 Å². The van der Waals surface area contributed by atoms with Crippen LogP contribution < -0.4 is 5.32 Å². The number of carboxylic acid groups (broad SMARTS) is 1. The highest BCUT2D eigenvalue weighted by molar-refractivity contribution is 6.08. The van der Waals surface area contributed by atoms with E-state index in [1.165, 1.54) is 0 Å². The number of rotatable bonds is 3. The molecule has 2 N–H and O–H groups in total. The van der Waals surface area contributed by atoms with Crippen LogP contribution >= 0.6 is 0 Å². The van der Waals surface area contributed by atoms with Crippen LogP contribution in [-0.4, -0.2) is 17.6 Å². The van der Waals surface area contributed by atoms with Crippen LogP contribution in [0.15, 0.2) is 36.4 Å². The van der Waals surface area contributed by atoms with Gasteiger partial charge in [0.15, 0.2) is 0 Å². The van der Waals surface area contributed by atoms with Crippen molar-refractivity contribution < 1.29 is 9.90 Å². The molecule has 0 aliphatic heterocycles. The van der Waals surface area contributed by atoms with Crippen LogP contribution in [0.25, 0.3) is 10.8 Å². The van der Waals surface area contributed by atoms with Crippen molar-refractivity contribution in [3.8, 4) is 0 Å². The van der Waals surface area contributed by atoms with Crippen LogP contribution in [0, 0.1) is 0 Å². The fraction of sp³-hybridized carbons (Fsp3) is 0.154. The number of aromatic carboxylic acids is 1. The summed E-state index contributed by atoms with van der Waals surface area (Å²) in [5.74, 6) is -0.896. The van der Waals surface area contributed by atoms with E-state index in [0.717, 1.165) is 10.8 Å². The molecule has 0 bridgehead atoms. The van der Waals surface area contributed by atoms with Crippen LogP contribution in [0.5, 0.6) is 0 Å². The van der Waals surface area contributed by atoms with Crippen LogP contribution in [-0.2, 0) is 0 Å². The third-order valence-corrected chi connectivity index (χ3v) is 2.51. The summed E-state index contributed by atoms with van der Waals surface area (Å²) in [5, 5.41) is 14.0. The molecule has 0 saturated heterocycles. The number of hydrogen-bond acceptors (Lipinski definition) is 2. The highest BCUT2D eigenvalue weighted by Crippen LogP contribution is 2.26. The summed E-state index contributed by atoms with van der Waals surface area (Å²) in [5.41, 5.74) is 1.02. The Morgan fingerprint density at radius 1 is 1.25 bits per heavy atom. The lowest BCUT2D eigenvalue weighted by molar-refractivity contribution is 0.0700. The number of carbonyl (C=O) groups is 1. The first kappa shape index (κ1) is 10.5. The Morgan fingerprint density at radius 2 is 2.00 bits per heavy atom. The third-order valence-electron chi connectivity index (χ3n) is 2.51. The van der Waals surface area contributed by atoms with Crippen LogP contribution in [0.4, 0.5) is 5.69 Å². The predicted octanol–water partition coefficient (Wildman–Crippen LogP) is 2.97. The van der Waals surface area contributed by atoms with Crippen molar-refractivity contribution in [2.45, 2.75) is 6.92 Å². The van der Waals surface area contributed by atoms with Gasteiger partial charge in [0.05, 0.1) is 5.56 Å². The van der Waals surface area contributed by atoms with Crippen molar-refractivity contribution >= 4 is 22.4 Å². The molecule has 0 aliphatic rings. The summed E-state index contributed by atoms with van der Waals surface area (Å²) in [7, 11) is 0. The summed E-state index contributed by atoms with van der Waals surface area (Å²) in [4.78, 5) is 11.3. The quantitative estimate of drug-likeness (QED) is 0.827. The van der Waals surface area contributed by atoms with E-state index < -0.39 is 5.97 Å². The minimum atomic E-state index is -0.896. The molecule has 0 radical (unpaired) electrons. The van der Waals surface area contributed by atoms with Gasteiger partial charge >= 0.3 is 5.97 Å². The second-order valence-electron chi connectivity index (χ2n) is 3.54. The fourth-order valence-corrected chi connectivity index (χ4v) is 1.84. The first-order chi connectivity index (χ1) is 7.74. The lowest BCUT2D eigenvalue weighted by Gasteiger charge is -2.10. The van der Waals surface area contributed by atoms with Gasteiger partial charge in [0.25, 0.3) is 0 Å². The van der Waals surface area contributed by atoms with E-state index in [2.05, 4.69) is 5.32 Å². The van der Waals surface area contributed by atoms with Crippen molar-refractivity contribution in [2.75, 3.05) is 11.9 Å². The van der Waals surface area contributed by atoms with E-state index in [1.54, 1.807) is 0 Å². The summed E-state index contributed by atoms with van der Waals surface area (Å²) >= 11 is 0. The van der Waals surface area contributed by atoms with Gasteiger partial charge in [-0.05, 0) is 23.8 Å². The maximum atomic E-state index is 11.3. The average Bonchev–Trinajstić information content (AvgIpc) is 2.28. The van der Waals surface area contributed by atoms with Crippen molar-refractivity contribution in [3.05, 3.63) is 42.0 Å². The monoisotopic (exact) mass is 215 g/mol. The Hall–Kier alpha value is -2.03. The Labute approximate surface area is 93.7 Å². The van der Waals surface area contributed by atoms with E-state index in [0.29, 0.717) is 17.8 Å². The second-order valence-corrected chi connectivity index (χ2v) is 3.54. The first-order valence-electron chi connectivity index (χ1n) is 5.23. The smallest absolute Gasteiger partial charge is 0.338 e. The molecule has 82 valence electrons.